The van der Waals surface area contributed by atoms with Crippen LogP contribution in [0.3, 0.4) is 0 Å². The van der Waals surface area contributed by atoms with Crippen molar-refractivity contribution >= 4 is 0 Å². The van der Waals surface area contributed by atoms with Crippen LogP contribution in [0.5, 0.6) is 0 Å². The second kappa shape index (κ2) is 5.34. The average molecular weight is 209 g/mol. The van der Waals surface area contributed by atoms with E-state index in [1.54, 1.807) is 6.42 Å². The van der Waals surface area contributed by atoms with Gasteiger partial charge in [0.1, 0.15) is 0 Å². The first kappa shape index (κ1) is 11.4. The highest BCUT2D eigenvalue weighted by Crippen LogP contribution is 2.39. The summed E-state index contributed by atoms with van der Waals surface area (Å²) in [4.78, 5) is 2.65. The van der Waals surface area contributed by atoms with Gasteiger partial charge in [0.15, 0.2) is 0 Å². The lowest BCUT2D eigenvalue weighted by Crippen LogP contribution is -2.35. The molecular formula is C14H27N. The molecule has 88 valence electrons. The van der Waals surface area contributed by atoms with Crippen molar-refractivity contribution in [3.8, 4) is 0 Å². The maximum atomic E-state index is 2.65. The molecule has 0 unspecified atom stereocenters. The lowest BCUT2D eigenvalue weighted by Gasteiger charge is -2.38. The molecule has 1 nitrogen and oxygen atoms in total. The van der Waals surface area contributed by atoms with Crippen LogP contribution in [0.25, 0.3) is 0 Å². The van der Waals surface area contributed by atoms with Gasteiger partial charge in [-0.2, -0.15) is 0 Å². The van der Waals surface area contributed by atoms with E-state index in [9.17, 15) is 0 Å². The maximum absolute atomic E-state index is 2.65. The highest BCUT2D eigenvalue weighted by Gasteiger charge is 2.29. The van der Waals surface area contributed by atoms with Gasteiger partial charge in [-0.1, -0.05) is 13.8 Å². The van der Waals surface area contributed by atoms with Crippen molar-refractivity contribution in [1.29, 1.82) is 0 Å². The van der Waals surface area contributed by atoms with E-state index >= 15 is 0 Å². The normalized spacial score (nSPS) is 34.0. The SMILES string of the molecule is CCCN1CCC(CC2CC(C)C2)CC1. The van der Waals surface area contributed by atoms with Crippen molar-refractivity contribution in [1.82, 2.24) is 4.90 Å². The Morgan fingerprint density at radius 3 is 2.27 bits per heavy atom. The molecule has 0 radical (unpaired) electrons. The highest BCUT2D eigenvalue weighted by atomic mass is 15.1. The molecule has 1 saturated carbocycles. The van der Waals surface area contributed by atoms with Gasteiger partial charge in [-0.15, -0.1) is 0 Å². The van der Waals surface area contributed by atoms with Crippen LogP contribution in [0, 0.1) is 17.8 Å². The molecule has 0 spiro atoms. The van der Waals surface area contributed by atoms with Crippen molar-refractivity contribution in [2.75, 3.05) is 19.6 Å². The van der Waals surface area contributed by atoms with Crippen molar-refractivity contribution in [2.45, 2.75) is 52.4 Å². The lowest BCUT2D eigenvalue weighted by molar-refractivity contribution is 0.124. The van der Waals surface area contributed by atoms with Gasteiger partial charge in [-0.05, 0) is 75.9 Å². The molecule has 0 atom stereocenters. The van der Waals surface area contributed by atoms with Crippen molar-refractivity contribution in [2.24, 2.45) is 17.8 Å². The first-order chi connectivity index (χ1) is 7.28. The van der Waals surface area contributed by atoms with Crippen molar-refractivity contribution in [3.63, 3.8) is 0 Å². The molecule has 1 heterocycles. The van der Waals surface area contributed by atoms with E-state index in [1.165, 1.54) is 51.7 Å². The van der Waals surface area contributed by atoms with Crippen LogP contribution in [0.1, 0.15) is 52.4 Å². The van der Waals surface area contributed by atoms with E-state index in [1.807, 2.05) is 0 Å². The highest BCUT2D eigenvalue weighted by molar-refractivity contribution is 4.81. The van der Waals surface area contributed by atoms with E-state index in [-0.39, 0.29) is 0 Å². The Hall–Kier alpha value is -0.0400. The standard InChI is InChI=1S/C14H27N/c1-3-6-15-7-4-13(5-8-15)11-14-9-12(2)10-14/h12-14H,3-11H2,1-2H3. The molecule has 0 N–H and O–H groups in total. The molecule has 2 aliphatic rings. The second-order valence-corrected chi connectivity index (χ2v) is 5.96. The van der Waals surface area contributed by atoms with Gasteiger partial charge in [0, 0.05) is 0 Å². The molecule has 2 rings (SSSR count). The van der Waals surface area contributed by atoms with Gasteiger partial charge in [-0.25, -0.2) is 0 Å². The minimum absolute atomic E-state index is 1.04. The molecule has 0 aromatic carbocycles. The second-order valence-electron chi connectivity index (χ2n) is 5.96. The fourth-order valence-electron chi connectivity index (χ4n) is 3.49. The molecule has 0 aromatic rings. The topological polar surface area (TPSA) is 3.24 Å². The summed E-state index contributed by atoms with van der Waals surface area (Å²) in [7, 11) is 0. The third-order valence-corrected chi connectivity index (χ3v) is 4.39. The minimum Gasteiger partial charge on any atom is -0.303 e. The van der Waals surface area contributed by atoms with E-state index in [0.29, 0.717) is 0 Å². The largest absolute Gasteiger partial charge is 0.303 e. The lowest BCUT2D eigenvalue weighted by atomic mass is 9.71. The summed E-state index contributed by atoms with van der Waals surface area (Å²) in [5.74, 6) is 3.20. The molecule has 1 aliphatic carbocycles. The predicted molar refractivity (Wildman–Crippen MR) is 66.0 cm³/mol. The molecule has 0 aromatic heterocycles. The van der Waals surface area contributed by atoms with Crippen LogP contribution in [-0.4, -0.2) is 24.5 Å². The van der Waals surface area contributed by atoms with E-state index in [0.717, 1.165) is 17.8 Å². The van der Waals surface area contributed by atoms with Gasteiger partial charge in [0.2, 0.25) is 0 Å². The average Bonchev–Trinajstić information content (AvgIpc) is 2.19. The van der Waals surface area contributed by atoms with Crippen LogP contribution < -0.4 is 0 Å². The molecule has 2 fully saturated rings. The first-order valence-electron chi connectivity index (χ1n) is 7.00. The summed E-state index contributed by atoms with van der Waals surface area (Å²) >= 11 is 0. The van der Waals surface area contributed by atoms with E-state index < -0.39 is 0 Å². The maximum Gasteiger partial charge on any atom is -0.00161 e. The molecule has 0 bridgehead atoms. The predicted octanol–water partition coefficient (Wildman–Crippen LogP) is 3.54. The van der Waals surface area contributed by atoms with E-state index in [4.69, 9.17) is 0 Å². The molecule has 0 amide bonds. The van der Waals surface area contributed by atoms with Crippen LogP contribution in [0.4, 0.5) is 0 Å². The van der Waals surface area contributed by atoms with Crippen LogP contribution >= 0.6 is 0 Å². The zero-order valence-corrected chi connectivity index (χ0v) is 10.5. The number of likely N-dealkylation sites (tertiary alicyclic amines) is 1. The van der Waals surface area contributed by atoms with E-state index in [2.05, 4.69) is 18.7 Å². The summed E-state index contributed by atoms with van der Waals surface area (Å²) in [5.41, 5.74) is 0. The van der Waals surface area contributed by atoms with Crippen LogP contribution in [0.2, 0.25) is 0 Å². The Morgan fingerprint density at radius 1 is 1.07 bits per heavy atom. The molecule has 1 aliphatic heterocycles. The minimum atomic E-state index is 1.04. The van der Waals surface area contributed by atoms with Crippen LogP contribution in [-0.2, 0) is 0 Å². The fraction of sp³-hybridized carbons (Fsp3) is 1.00. The number of hydrogen-bond donors (Lipinski definition) is 0. The third-order valence-electron chi connectivity index (χ3n) is 4.39. The summed E-state index contributed by atoms with van der Waals surface area (Å²) < 4.78 is 0. The Balaban J connectivity index is 1.61. The Bertz CT molecular complexity index is 176. The summed E-state index contributed by atoms with van der Waals surface area (Å²) in [6.07, 6.45) is 8.87. The van der Waals surface area contributed by atoms with Gasteiger partial charge < -0.3 is 4.90 Å². The zero-order chi connectivity index (χ0) is 10.7. The monoisotopic (exact) mass is 209 g/mol. The number of piperidine rings is 1. The van der Waals surface area contributed by atoms with Crippen molar-refractivity contribution in [3.05, 3.63) is 0 Å². The molecule has 1 saturated heterocycles. The van der Waals surface area contributed by atoms with Gasteiger partial charge in [0.05, 0.1) is 0 Å². The number of rotatable bonds is 4. The summed E-state index contributed by atoms with van der Waals surface area (Å²) in [6, 6.07) is 0. The van der Waals surface area contributed by atoms with Crippen molar-refractivity contribution < 1.29 is 0 Å². The van der Waals surface area contributed by atoms with Gasteiger partial charge in [0.25, 0.3) is 0 Å². The Morgan fingerprint density at radius 2 is 1.73 bits per heavy atom. The summed E-state index contributed by atoms with van der Waals surface area (Å²) in [5, 5.41) is 0. The Kier molecular flexibility index (Phi) is 4.07. The Labute approximate surface area is 95.2 Å². The van der Waals surface area contributed by atoms with Crippen LogP contribution in [0.15, 0.2) is 0 Å². The van der Waals surface area contributed by atoms with Gasteiger partial charge in [-0.3, -0.25) is 0 Å². The third kappa shape index (κ3) is 3.21. The molecular weight excluding hydrogens is 182 g/mol. The first-order valence-corrected chi connectivity index (χ1v) is 7.00. The fourth-order valence-corrected chi connectivity index (χ4v) is 3.49. The molecule has 15 heavy (non-hydrogen) atoms. The molecule has 1 heteroatoms. The van der Waals surface area contributed by atoms with Gasteiger partial charge >= 0.3 is 0 Å². The summed E-state index contributed by atoms with van der Waals surface area (Å²) in [6.45, 7) is 8.77. The zero-order valence-electron chi connectivity index (χ0n) is 10.5. The smallest absolute Gasteiger partial charge is 0.00161 e. The number of hydrogen-bond acceptors (Lipinski definition) is 1. The quantitative estimate of drug-likeness (QED) is 0.684. The number of nitrogens with zero attached hydrogens (tertiary/aromatic N) is 1.